The third-order valence-electron chi connectivity index (χ3n) is 2.91. The fraction of sp³-hybridized carbons (Fsp3) is 0.700. The van der Waals surface area contributed by atoms with Gasteiger partial charge in [-0.2, -0.15) is 65.9 Å². The molecule has 166 valence electrons. The lowest BCUT2D eigenvalue weighted by Gasteiger charge is -2.41. The summed E-state index contributed by atoms with van der Waals surface area (Å²) in [5.74, 6) is -50.4. The van der Waals surface area contributed by atoms with Gasteiger partial charge in [0, 0.05) is 6.08 Å². The average Bonchev–Trinajstić information content (AvgIpc) is 2.43. The van der Waals surface area contributed by atoms with Crippen molar-refractivity contribution < 1.29 is 75.8 Å². The normalized spacial score (nSPS) is 16.4. The van der Waals surface area contributed by atoms with Crippen molar-refractivity contribution in [1.82, 2.24) is 0 Å². The third kappa shape index (κ3) is 3.47. The molecule has 0 aromatic heterocycles. The van der Waals surface area contributed by atoms with E-state index >= 15 is 0 Å². The molecule has 0 aliphatic carbocycles. The second-order valence-corrected chi connectivity index (χ2v) is 5.29. The fourth-order valence-electron chi connectivity index (χ4n) is 1.34. The maximum atomic E-state index is 13.3. The molecule has 0 spiro atoms. The summed E-state index contributed by atoms with van der Waals surface area (Å²) in [6, 6.07) is 0. The van der Waals surface area contributed by atoms with Crippen LogP contribution in [-0.2, 0) is 4.79 Å². The maximum absolute atomic E-state index is 13.3. The molecule has 0 saturated carbocycles. The highest BCUT2D eigenvalue weighted by molar-refractivity contribution is 7.84. The summed E-state index contributed by atoms with van der Waals surface area (Å²) in [4.78, 5) is 7.11. The summed E-state index contributed by atoms with van der Waals surface area (Å²) >= 11 is 2.30. The molecule has 0 aromatic rings. The van der Waals surface area contributed by atoms with E-state index in [4.69, 9.17) is 5.11 Å². The molecule has 0 bridgehead atoms. The van der Waals surface area contributed by atoms with Crippen LogP contribution in [0.4, 0.5) is 65.9 Å². The van der Waals surface area contributed by atoms with Crippen LogP contribution in [0.1, 0.15) is 0 Å². The van der Waals surface area contributed by atoms with E-state index in [0.29, 0.717) is 0 Å². The van der Waals surface area contributed by atoms with Crippen LogP contribution in [0, 0.1) is 0 Å². The van der Waals surface area contributed by atoms with Crippen LogP contribution in [0.15, 0.2) is 11.0 Å². The monoisotopic (exact) mass is 472 g/mol. The molecule has 0 fully saturated rings. The van der Waals surface area contributed by atoms with Crippen molar-refractivity contribution in [1.29, 1.82) is 0 Å². The third-order valence-corrected chi connectivity index (χ3v) is 3.32. The largest absolute Gasteiger partial charge is 0.478 e. The van der Waals surface area contributed by atoms with E-state index in [9.17, 15) is 70.7 Å². The zero-order valence-electron chi connectivity index (χ0n) is 12.0. The first kappa shape index (κ1) is 26.5. The zero-order chi connectivity index (χ0) is 23.4. The second-order valence-electron chi connectivity index (χ2n) is 4.81. The van der Waals surface area contributed by atoms with Gasteiger partial charge in [-0.1, -0.05) is 0 Å². The number of thiol groups is 1. The molecule has 0 unspecified atom stereocenters. The van der Waals surface area contributed by atoms with Crippen molar-refractivity contribution >= 4 is 18.6 Å². The molecule has 0 radical (unpaired) electrons. The van der Waals surface area contributed by atoms with Crippen molar-refractivity contribution in [3.05, 3.63) is 11.0 Å². The molecule has 18 heteroatoms. The Morgan fingerprint density at radius 2 is 0.893 bits per heavy atom. The molecule has 0 aliphatic rings. The maximum Gasteiger partial charge on any atom is 0.460 e. The highest BCUT2D eigenvalue weighted by Crippen LogP contribution is 2.63. The quantitative estimate of drug-likeness (QED) is 0.302. The lowest BCUT2D eigenvalue weighted by molar-refractivity contribution is -0.449. The lowest BCUT2D eigenvalue weighted by atomic mass is 9.91. The minimum atomic E-state index is -8.43. The Hall–Kier alpha value is -1.49. The molecule has 28 heavy (non-hydrogen) atoms. The average molecular weight is 472 g/mol. The minimum Gasteiger partial charge on any atom is -0.478 e. The van der Waals surface area contributed by atoms with Gasteiger partial charge in [-0.25, -0.2) is 4.79 Å². The van der Waals surface area contributed by atoms with E-state index in [0.717, 1.165) is 0 Å². The minimum absolute atomic E-state index is 1.08. The number of hydrogen-bond acceptors (Lipinski definition) is 2. The van der Waals surface area contributed by atoms with Crippen molar-refractivity contribution in [3.8, 4) is 0 Å². The van der Waals surface area contributed by atoms with Crippen LogP contribution in [0.2, 0.25) is 0 Å². The van der Waals surface area contributed by atoms with Gasteiger partial charge >= 0.3 is 47.7 Å². The van der Waals surface area contributed by atoms with Crippen molar-refractivity contribution in [2.24, 2.45) is 0 Å². The first-order chi connectivity index (χ1) is 11.8. The molecule has 0 rings (SSSR count). The van der Waals surface area contributed by atoms with E-state index in [2.05, 4.69) is 12.6 Å². The van der Waals surface area contributed by atoms with Crippen LogP contribution in [0.5, 0.6) is 0 Å². The standard InChI is InChI=1S/C10H3F15O2S/c11-4(12,2(28)1-3(26)27)5(13,14)6(15,16)7(17,18)8(19,20)9(21,22)10(23,24)25/h1,28H,(H,26,27). The highest BCUT2D eigenvalue weighted by Gasteiger charge is 2.93. The number of hydrogen-bond donors (Lipinski definition) is 2. The Morgan fingerprint density at radius 3 is 1.18 bits per heavy atom. The van der Waals surface area contributed by atoms with Crippen LogP contribution in [-0.4, -0.2) is 52.8 Å². The van der Waals surface area contributed by atoms with Crippen molar-refractivity contribution in [2.75, 3.05) is 0 Å². The number of carboxylic acids is 1. The van der Waals surface area contributed by atoms with Gasteiger partial charge in [-0.15, -0.1) is 12.6 Å². The first-order valence-electron chi connectivity index (χ1n) is 5.81. The van der Waals surface area contributed by atoms with Gasteiger partial charge in [0.25, 0.3) is 0 Å². The number of allylic oxidation sites excluding steroid dienone is 1. The zero-order valence-corrected chi connectivity index (χ0v) is 12.9. The smallest absolute Gasteiger partial charge is 0.460 e. The first-order valence-corrected chi connectivity index (χ1v) is 6.26. The molecular formula is C10H3F15O2S. The number of aliphatic carboxylic acids is 1. The number of alkyl halides is 15. The van der Waals surface area contributed by atoms with E-state index in [1.807, 2.05) is 0 Å². The topological polar surface area (TPSA) is 37.3 Å². The number of carboxylic acid groups (broad SMARTS) is 1. The Morgan fingerprint density at radius 1 is 0.607 bits per heavy atom. The Labute approximate surface area is 148 Å². The Kier molecular flexibility index (Phi) is 6.43. The van der Waals surface area contributed by atoms with E-state index in [1.165, 1.54) is 0 Å². The highest BCUT2D eigenvalue weighted by atomic mass is 32.1. The van der Waals surface area contributed by atoms with E-state index in [-0.39, 0.29) is 0 Å². The van der Waals surface area contributed by atoms with Crippen LogP contribution < -0.4 is 0 Å². The Bertz CT molecular complexity index is 648. The van der Waals surface area contributed by atoms with Gasteiger partial charge in [0.2, 0.25) is 0 Å². The molecule has 0 aliphatic heterocycles. The summed E-state index contributed by atoms with van der Waals surface area (Å²) in [5.41, 5.74) is 0. The molecule has 1 N–H and O–H groups in total. The molecule has 0 saturated heterocycles. The lowest BCUT2D eigenvalue weighted by Crippen LogP contribution is -2.72. The van der Waals surface area contributed by atoms with E-state index < -0.39 is 58.7 Å². The van der Waals surface area contributed by atoms with Crippen LogP contribution in [0.3, 0.4) is 0 Å². The SMILES string of the molecule is O=C(O)C=C(S)C(F)(F)C(F)(F)C(F)(F)C(F)(F)C(F)(F)C(F)(F)C(F)(F)F. The number of halogens is 15. The second kappa shape index (κ2) is 6.79. The van der Waals surface area contributed by atoms with Gasteiger partial charge < -0.3 is 5.11 Å². The predicted molar refractivity (Wildman–Crippen MR) is 60.4 cm³/mol. The van der Waals surface area contributed by atoms with Gasteiger partial charge in [-0.05, 0) is 0 Å². The fourth-order valence-corrected chi connectivity index (χ4v) is 1.59. The number of rotatable bonds is 7. The summed E-state index contributed by atoms with van der Waals surface area (Å²) in [6.45, 7) is 0. The summed E-state index contributed by atoms with van der Waals surface area (Å²) in [5, 5.41) is 8.02. The van der Waals surface area contributed by atoms with Gasteiger partial charge in [0.1, 0.15) is 0 Å². The van der Waals surface area contributed by atoms with Crippen LogP contribution in [0.25, 0.3) is 0 Å². The summed E-state index contributed by atoms with van der Waals surface area (Å²) in [6.07, 6.45) is -8.76. The van der Waals surface area contributed by atoms with Crippen molar-refractivity contribution in [3.63, 3.8) is 0 Å². The Balaban J connectivity index is 6.67. The van der Waals surface area contributed by atoms with Gasteiger partial charge in [-0.3, -0.25) is 0 Å². The molecule has 2 nitrogen and oxygen atoms in total. The molecule has 0 amide bonds. The molecule has 0 aromatic carbocycles. The molecule has 0 heterocycles. The summed E-state index contributed by atoms with van der Waals surface area (Å²) < 4.78 is 192. The summed E-state index contributed by atoms with van der Waals surface area (Å²) in [7, 11) is 0. The van der Waals surface area contributed by atoms with Gasteiger partial charge in [0.15, 0.2) is 0 Å². The predicted octanol–water partition coefficient (Wildman–Crippen LogP) is 5.26. The number of carbonyl (C=O) groups is 1. The van der Waals surface area contributed by atoms with Crippen molar-refractivity contribution in [2.45, 2.75) is 41.7 Å². The van der Waals surface area contributed by atoms with Gasteiger partial charge in [0.05, 0.1) is 4.91 Å². The van der Waals surface area contributed by atoms with E-state index in [1.54, 1.807) is 0 Å². The van der Waals surface area contributed by atoms with Crippen LogP contribution >= 0.6 is 12.6 Å². The molecular weight excluding hydrogens is 469 g/mol. The molecule has 0 atom stereocenters.